The first-order valence-corrected chi connectivity index (χ1v) is 9.03. The van der Waals surface area contributed by atoms with Gasteiger partial charge in [0.25, 0.3) is 5.91 Å². The van der Waals surface area contributed by atoms with Crippen molar-refractivity contribution >= 4 is 34.8 Å². The number of nitrogens with zero attached hydrogens (tertiary/aromatic N) is 1. The average molecular weight is 402 g/mol. The van der Waals surface area contributed by atoms with Crippen molar-refractivity contribution in [2.75, 3.05) is 18.1 Å². The number of hydrogen-bond acceptors (Lipinski definition) is 4. The molecule has 0 aromatic heterocycles. The molecule has 0 atom stereocenters. The molecule has 0 saturated carbocycles. The third kappa shape index (κ3) is 5.17. The average Bonchev–Trinajstić information content (AvgIpc) is 2.71. The molecule has 2 amide bonds. The number of amides is 2. The first-order valence-electron chi connectivity index (χ1n) is 8.62. The van der Waals surface area contributed by atoms with Crippen LogP contribution in [0, 0.1) is 5.82 Å². The van der Waals surface area contributed by atoms with Crippen LogP contribution in [0.3, 0.4) is 0 Å². The SMILES string of the molecule is O=C(CCN1C(=O)COc2ccccc21)NNC(=S)NCc1ccc(F)cc1. The van der Waals surface area contributed by atoms with Gasteiger partial charge in [-0.25, -0.2) is 4.39 Å². The molecule has 0 radical (unpaired) electrons. The number of carbonyl (C=O) groups excluding carboxylic acids is 2. The van der Waals surface area contributed by atoms with Crippen LogP contribution in [0.15, 0.2) is 48.5 Å². The second-order valence-electron chi connectivity index (χ2n) is 6.03. The first kappa shape index (κ1) is 19.6. The molecule has 2 aromatic carbocycles. The molecule has 3 N–H and O–H groups in total. The minimum absolute atomic E-state index is 0.0473. The van der Waals surface area contributed by atoms with E-state index in [2.05, 4.69) is 16.2 Å². The molecule has 1 aliphatic heterocycles. The Morgan fingerprint density at radius 1 is 1.14 bits per heavy atom. The lowest BCUT2D eigenvalue weighted by Crippen LogP contribution is -2.48. The summed E-state index contributed by atoms with van der Waals surface area (Å²) in [6.45, 7) is 0.567. The zero-order valence-corrected chi connectivity index (χ0v) is 15.7. The molecule has 0 spiro atoms. The molecule has 3 rings (SSSR count). The molecule has 0 saturated heterocycles. The largest absolute Gasteiger partial charge is 0.482 e. The van der Waals surface area contributed by atoms with Crippen LogP contribution in [-0.2, 0) is 16.1 Å². The molecular weight excluding hydrogens is 383 g/mol. The maximum atomic E-state index is 12.9. The molecular formula is C19H19FN4O3S. The predicted molar refractivity (Wildman–Crippen MR) is 106 cm³/mol. The van der Waals surface area contributed by atoms with E-state index in [1.54, 1.807) is 30.3 Å². The lowest BCUT2D eigenvalue weighted by atomic mass is 10.2. The van der Waals surface area contributed by atoms with E-state index in [9.17, 15) is 14.0 Å². The number of nitrogens with one attached hydrogen (secondary N) is 3. The number of fused-ring (bicyclic) bond motifs is 1. The quantitative estimate of drug-likeness (QED) is 0.521. The zero-order chi connectivity index (χ0) is 19.9. The summed E-state index contributed by atoms with van der Waals surface area (Å²) in [6, 6.07) is 13.2. The number of hydrogen-bond donors (Lipinski definition) is 3. The van der Waals surface area contributed by atoms with Crippen molar-refractivity contribution in [1.82, 2.24) is 16.2 Å². The molecule has 0 aliphatic carbocycles. The van der Waals surface area contributed by atoms with Gasteiger partial charge in [0, 0.05) is 19.5 Å². The third-order valence-electron chi connectivity index (χ3n) is 4.05. The first-order chi connectivity index (χ1) is 13.5. The van der Waals surface area contributed by atoms with E-state index >= 15 is 0 Å². The third-order valence-corrected chi connectivity index (χ3v) is 4.30. The summed E-state index contributed by atoms with van der Waals surface area (Å²) in [5.74, 6) is -0.205. The lowest BCUT2D eigenvalue weighted by molar-refractivity contribution is -0.122. The molecule has 1 heterocycles. The van der Waals surface area contributed by atoms with Crippen LogP contribution in [-0.4, -0.2) is 30.1 Å². The summed E-state index contributed by atoms with van der Waals surface area (Å²) in [6.07, 6.45) is 0.0909. The van der Waals surface area contributed by atoms with Gasteiger partial charge in [-0.05, 0) is 42.0 Å². The van der Waals surface area contributed by atoms with E-state index in [0.717, 1.165) is 5.56 Å². The van der Waals surface area contributed by atoms with Gasteiger partial charge in [-0.3, -0.25) is 20.4 Å². The number of thiocarbonyl (C=S) groups is 1. The zero-order valence-electron chi connectivity index (χ0n) is 14.9. The summed E-state index contributed by atoms with van der Waals surface area (Å²) >= 11 is 5.09. The number of carbonyl (C=O) groups is 2. The van der Waals surface area contributed by atoms with Crippen LogP contribution in [0.4, 0.5) is 10.1 Å². The number of rotatable bonds is 5. The van der Waals surface area contributed by atoms with E-state index in [1.807, 2.05) is 6.07 Å². The number of hydrazine groups is 1. The van der Waals surface area contributed by atoms with Gasteiger partial charge in [0.2, 0.25) is 5.91 Å². The number of benzene rings is 2. The van der Waals surface area contributed by atoms with Crippen LogP contribution in [0.5, 0.6) is 5.75 Å². The van der Waals surface area contributed by atoms with Gasteiger partial charge in [-0.1, -0.05) is 24.3 Å². The summed E-state index contributed by atoms with van der Waals surface area (Å²) in [5.41, 5.74) is 6.58. The molecule has 1 aliphatic rings. The smallest absolute Gasteiger partial charge is 0.265 e. The standard InChI is InChI=1S/C19H19FN4O3S/c20-14-7-5-13(6-8-14)11-21-19(28)23-22-17(25)9-10-24-15-3-1-2-4-16(15)27-12-18(24)26/h1-8H,9-12H2,(H,22,25)(H2,21,23,28). The van der Waals surface area contributed by atoms with Gasteiger partial charge in [0.1, 0.15) is 11.6 Å². The van der Waals surface area contributed by atoms with E-state index in [0.29, 0.717) is 18.0 Å². The fraction of sp³-hybridized carbons (Fsp3) is 0.211. The van der Waals surface area contributed by atoms with Crippen molar-refractivity contribution in [2.24, 2.45) is 0 Å². The molecule has 0 fully saturated rings. The van der Waals surface area contributed by atoms with E-state index in [4.69, 9.17) is 17.0 Å². The lowest BCUT2D eigenvalue weighted by Gasteiger charge is -2.29. The van der Waals surface area contributed by atoms with Crippen LogP contribution in [0.1, 0.15) is 12.0 Å². The minimum atomic E-state index is -0.317. The Hall–Kier alpha value is -3.20. The van der Waals surface area contributed by atoms with Crippen LogP contribution >= 0.6 is 12.2 Å². The van der Waals surface area contributed by atoms with E-state index in [1.165, 1.54) is 17.0 Å². The van der Waals surface area contributed by atoms with Gasteiger partial charge >= 0.3 is 0 Å². The summed E-state index contributed by atoms with van der Waals surface area (Å²) in [5, 5.41) is 3.13. The fourth-order valence-corrected chi connectivity index (χ4v) is 2.75. The van der Waals surface area contributed by atoms with Gasteiger partial charge in [0.15, 0.2) is 11.7 Å². The van der Waals surface area contributed by atoms with E-state index < -0.39 is 0 Å². The van der Waals surface area contributed by atoms with Crippen LogP contribution in [0.25, 0.3) is 0 Å². The molecule has 2 aromatic rings. The van der Waals surface area contributed by atoms with Gasteiger partial charge in [-0.15, -0.1) is 0 Å². The van der Waals surface area contributed by atoms with Crippen LogP contribution < -0.4 is 25.8 Å². The van der Waals surface area contributed by atoms with Gasteiger partial charge in [0.05, 0.1) is 5.69 Å². The highest BCUT2D eigenvalue weighted by Gasteiger charge is 2.25. The Morgan fingerprint density at radius 2 is 1.89 bits per heavy atom. The monoisotopic (exact) mass is 402 g/mol. The highest BCUT2D eigenvalue weighted by Crippen LogP contribution is 2.31. The van der Waals surface area contributed by atoms with Gasteiger partial charge < -0.3 is 15.0 Å². The Balaban J connectivity index is 1.41. The Bertz CT molecular complexity index is 876. The van der Waals surface area contributed by atoms with Gasteiger partial charge in [-0.2, -0.15) is 0 Å². The molecule has 0 bridgehead atoms. The second kappa shape index (κ2) is 9.14. The normalized spacial score (nSPS) is 12.6. The number of halogens is 1. The highest BCUT2D eigenvalue weighted by molar-refractivity contribution is 7.80. The van der Waals surface area contributed by atoms with Crippen molar-refractivity contribution in [1.29, 1.82) is 0 Å². The molecule has 146 valence electrons. The number of anilines is 1. The Morgan fingerprint density at radius 3 is 2.68 bits per heavy atom. The van der Waals surface area contributed by atoms with Crippen molar-refractivity contribution < 1.29 is 18.7 Å². The minimum Gasteiger partial charge on any atom is -0.482 e. The highest BCUT2D eigenvalue weighted by atomic mass is 32.1. The summed E-state index contributed by atoms with van der Waals surface area (Å²) in [4.78, 5) is 25.7. The maximum absolute atomic E-state index is 12.9. The Kier molecular flexibility index (Phi) is 6.38. The fourth-order valence-electron chi connectivity index (χ4n) is 2.63. The summed E-state index contributed by atoms with van der Waals surface area (Å²) < 4.78 is 18.2. The van der Waals surface area contributed by atoms with Crippen molar-refractivity contribution in [2.45, 2.75) is 13.0 Å². The molecule has 7 nitrogen and oxygen atoms in total. The van der Waals surface area contributed by atoms with Crippen molar-refractivity contribution in [3.8, 4) is 5.75 Å². The Labute approximate surface area is 166 Å². The molecule has 9 heteroatoms. The second-order valence-corrected chi connectivity index (χ2v) is 6.44. The topological polar surface area (TPSA) is 82.7 Å². The maximum Gasteiger partial charge on any atom is 0.265 e. The molecule has 28 heavy (non-hydrogen) atoms. The summed E-state index contributed by atoms with van der Waals surface area (Å²) in [7, 11) is 0. The molecule has 0 unspecified atom stereocenters. The predicted octanol–water partition coefficient (Wildman–Crippen LogP) is 1.64. The number of ether oxygens (including phenoxy) is 1. The van der Waals surface area contributed by atoms with Crippen molar-refractivity contribution in [3.63, 3.8) is 0 Å². The van der Waals surface area contributed by atoms with E-state index in [-0.39, 0.29) is 42.3 Å². The number of para-hydroxylation sites is 2. The van der Waals surface area contributed by atoms with Crippen LogP contribution in [0.2, 0.25) is 0 Å². The van der Waals surface area contributed by atoms with Crippen molar-refractivity contribution in [3.05, 3.63) is 59.9 Å².